The third-order valence-corrected chi connectivity index (χ3v) is 4.28. The number of benzene rings is 3. The van der Waals surface area contributed by atoms with Crippen molar-refractivity contribution in [1.82, 2.24) is 0 Å². The Hall–Kier alpha value is -3.39. The van der Waals surface area contributed by atoms with Gasteiger partial charge < -0.3 is 4.74 Å². The zero-order valence-corrected chi connectivity index (χ0v) is 15.6. The largest absolute Gasteiger partial charge is 0.465 e. The fourth-order valence-electron chi connectivity index (χ4n) is 2.63. The third kappa shape index (κ3) is 5.29. The molecule has 0 spiro atoms. The minimum atomic E-state index is -0.320. The molecule has 3 rings (SSSR count). The van der Waals surface area contributed by atoms with Crippen molar-refractivity contribution in [1.29, 1.82) is 0 Å². The quantitative estimate of drug-likeness (QED) is 0.407. The Kier molecular flexibility index (Phi) is 6.01. The number of hydrogen-bond acceptors (Lipinski definition) is 2. The van der Waals surface area contributed by atoms with E-state index in [1.807, 2.05) is 18.2 Å². The van der Waals surface area contributed by atoms with Gasteiger partial charge >= 0.3 is 5.97 Å². The average Bonchev–Trinajstić information content (AvgIpc) is 2.72. The van der Waals surface area contributed by atoms with Crippen molar-refractivity contribution in [2.45, 2.75) is 6.92 Å². The first-order chi connectivity index (χ1) is 13.1. The van der Waals surface area contributed by atoms with Crippen LogP contribution in [0.4, 0.5) is 0 Å². The number of ether oxygens (including phenoxy) is 1. The van der Waals surface area contributed by atoms with Gasteiger partial charge in [0.1, 0.15) is 0 Å². The zero-order valence-electron chi connectivity index (χ0n) is 15.6. The molecule has 0 aromatic heterocycles. The Morgan fingerprint density at radius 2 is 0.963 bits per heavy atom. The molecular formula is C25H22O2. The SMILES string of the molecule is COC(=O)c1ccc(C=Cc2ccc(C=Cc3ccc(C)cc3)cc2)cc1. The molecule has 0 aliphatic heterocycles. The Labute approximate surface area is 160 Å². The number of hydrogen-bond donors (Lipinski definition) is 0. The molecule has 134 valence electrons. The van der Waals surface area contributed by atoms with Crippen LogP contribution in [0.2, 0.25) is 0 Å². The summed E-state index contributed by atoms with van der Waals surface area (Å²) in [6.07, 6.45) is 8.32. The van der Waals surface area contributed by atoms with Crippen molar-refractivity contribution in [2.75, 3.05) is 7.11 Å². The second-order valence-electron chi connectivity index (χ2n) is 6.36. The van der Waals surface area contributed by atoms with Crippen LogP contribution in [0.3, 0.4) is 0 Å². The van der Waals surface area contributed by atoms with Crippen molar-refractivity contribution in [2.24, 2.45) is 0 Å². The number of carbonyl (C=O) groups is 1. The van der Waals surface area contributed by atoms with Crippen LogP contribution >= 0.6 is 0 Å². The molecule has 0 amide bonds. The summed E-state index contributed by atoms with van der Waals surface area (Å²) < 4.78 is 4.71. The number of esters is 1. The van der Waals surface area contributed by atoms with E-state index in [0.29, 0.717) is 5.56 Å². The highest BCUT2D eigenvalue weighted by Crippen LogP contribution is 2.14. The molecule has 0 saturated carbocycles. The Morgan fingerprint density at radius 1 is 0.630 bits per heavy atom. The summed E-state index contributed by atoms with van der Waals surface area (Å²) in [5.74, 6) is -0.320. The molecule has 3 aromatic carbocycles. The topological polar surface area (TPSA) is 26.3 Å². The van der Waals surface area contributed by atoms with E-state index in [0.717, 1.165) is 16.7 Å². The molecule has 0 aliphatic rings. The minimum absolute atomic E-state index is 0.320. The number of carbonyl (C=O) groups excluding carboxylic acids is 1. The van der Waals surface area contributed by atoms with Gasteiger partial charge in [-0.3, -0.25) is 0 Å². The first-order valence-electron chi connectivity index (χ1n) is 8.85. The van der Waals surface area contributed by atoms with Crippen molar-refractivity contribution in [3.8, 4) is 0 Å². The Bertz CT molecular complexity index is 945. The third-order valence-electron chi connectivity index (χ3n) is 4.28. The summed E-state index contributed by atoms with van der Waals surface area (Å²) in [6.45, 7) is 2.09. The molecule has 0 unspecified atom stereocenters. The van der Waals surface area contributed by atoms with E-state index in [4.69, 9.17) is 4.74 Å². The molecule has 0 heterocycles. The van der Waals surface area contributed by atoms with Crippen LogP contribution < -0.4 is 0 Å². The van der Waals surface area contributed by atoms with Gasteiger partial charge in [0.2, 0.25) is 0 Å². The van der Waals surface area contributed by atoms with Gasteiger partial charge in [0.05, 0.1) is 12.7 Å². The summed E-state index contributed by atoms with van der Waals surface area (Å²) in [4.78, 5) is 11.4. The van der Waals surface area contributed by atoms with Crippen LogP contribution in [0.15, 0.2) is 72.8 Å². The highest BCUT2D eigenvalue weighted by atomic mass is 16.5. The van der Waals surface area contributed by atoms with E-state index in [1.54, 1.807) is 12.1 Å². The smallest absolute Gasteiger partial charge is 0.337 e. The van der Waals surface area contributed by atoms with E-state index in [-0.39, 0.29) is 5.97 Å². The van der Waals surface area contributed by atoms with Crippen molar-refractivity contribution >= 4 is 30.3 Å². The summed E-state index contributed by atoms with van der Waals surface area (Å²) in [7, 11) is 1.38. The monoisotopic (exact) mass is 354 g/mol. The maximum atomic E-state index is 11.4. The molecule has 0 N–H and O–H groups in total. The summed E-state index contributed by atoms with van der Waals surface area (Å²) in [6, 6.07) is 24.2. The molecule has 2 heteroatoms. The summed E-state index contributed by atoms with van der Waals surface area (Å²) in [5.41, 5.74) is 6.34. The highest BCUT2D eigenvalue weighted by molar-refractivity contribution is 5.89. The molecule has 0 bridgehead atoms. The lowest BCUT2D eigenvalue weighted by Gasteiger charge is -2.00. The van der Waals surface area contributed by atoms with Gasteiger partial charge in [0.25, 0.3) is 0 Å². The zero-order chi connectivity index (χ0) is 19.1. The second-order valence-corrected chi connectivity index (χ2v) is 6.36. The fourth-order valence-corrected chi connectivity index (χ4v) is 2.63. The van der Waals surface area contributed by atoms with Gasteiger partial charge in [-0.05, 0) is 41.3 Å². The molecule has 0 aliphatic carbocycles. The minimum Gasteiger partial charge on any atom is -0.465 e. The van der Waals surface area contributed by atoms with Gasteiger partial charge in [0, 0.05) is 0 Å². The number of rotatable bonds is 5. The van der Waals surface area contributed by atoms with E-state index < -0.39 is 0 Å². The van der Waals surface area contributed by atoms with E-state index in [1.165, 1.54) is 18.2 Å². The van der Waals surface area contributed by atoms with Crippen molar-refractivity contribution < 1.29 is 9.53 Å². The van der Waals surface area contributed by atoms with E-state index in [2.05, 4.69) is 73.7 Å². The second kappa shape index (κ2) is 8.81. The number of methoxy groups -OCH3 is 1. The van der Waals surface area contributed by atoms with Crippen LogP contribution in [0.25, 0.3) is 24.3 Å². The van der Waals surface area contributed by atoms with Gasteiger partial charge in [0.15, 0.2) is 0 Å². The van der Waals surface area contributed by atoms with Crippen LogP contribution in [-0.4, -0.2) is 13.1 Å². The maximum Gasteiger partial charge on any atom is 0.337 e. The lowest BCUT2D eigenvalue weighted by Crippen LogP contribution is -2.00. The first kappa shape index (κ1) is 18.4. The van der Waals surface area contributed by atoms with E-state index in [9.17, 15) is 4.79 Å². The molecule has 0 fully saturated rings. The molecule has 0 radical (unpaired) electrons. The molecule has 0 atom stereocenters. The van der Waals surface area contributed by atoms with Gasteiger partial charge in [-0.2, -0.15) is 0 Å². The normalized spacial score (nSPS) is 11.2. The number of aryl methyl sites for hydroxylation is 1. The van der Waals surface area contributed by atoms with Gasteiger partial charge in [-0.15, -0.1) is 0 Å². The summed E-state index contributed by atoms with van der Waals surface area (Å²) in [5, 5.41) is 0. The van der Waals surface area contributed by atoms with Crippen molar-refractivity contribution in [3.05, 3.63) is 106 Å². The van der Waals surface area contributed by atoms with Crippen LogP contribution in [-0.2, 0) is 4.74 Å². The van der Waals surface area contributed by atoms with E-state index >= 15 is 0 Å². The van der Waals surface area contributed by atoms with Gasteiger partial charge in [-0.25, -0.2) is 4.79 Å². The highest BCUT2D eigenvalue weighted by Gasteiger charge is 2.02. The van der Waals surface area contributed by atoms with Crippen LogP contribution in [0.1, 0.15) is 38.2 Å². The predicted octanol–water partition coefficient (Wildman–Crippen LogP) is 6.12. The molecule has 3 aromatic rings. The molecule has 27 heavy (non-hydrogen) atoms. The molecule has 2 nitrogen and oxygen atoms in total. The maximum absolute atomic E-state index is 11.4. The lowest BCUT2D eigenvalue weighted by atomic mass is 10.1. The fraction of sp³-hybridized carbons (Fsp3) is 0.0800. The van der Waals surface area contributed by atoms with Crippen LogP contribution in [0.5, 0.6) is 0 Å². The van der Waals surface area contributed by atoms with Crippen LogP contribution in [0, 0.1) is 6.92 Å². The standard InChI is InChI=1S/C25H22O2/c1-19-3-5-20(6-4-19)7-8-21-9-11-22(12-10-21)13-14-23-15-17-24(18-16-23)25(26)27-2/h3-18H,1-2H3. The first-order valence-corrected chi connectivity index (χ1v) is 8.85. The molecule has 0 saturated heterocycles. The lowest BCUT2D eigenvalue weighted by molar-refractivity contribution is 0.0600. The average molecular weight is 354 g/mol. The summed E-state index contributed by atoms with van der Waals surface area (Å²) >= 11 is 0. The Balaban J connectivity index is 1.64. The molecular weight excluding hydrogens is 332 g/mol. The van der Waals surface area contributed by atoms with Gasteiger partial charge in [-0.1, -0.05) is 90.5 Å². The Morgan fingerprint density at radius 3 is 1.33 bits per heavy atom. The van der Waals surface area contributed by atoms with Crippen molar-refractivity contribution in [3.63, 3.8) is 0 Å². The predicted molar refractivity (Wildman–Crippen MR) is 113 cm³/mol.